The van der Waals surface area contributed by atoms with Gasteiger partial charge in [-0.15, -0.1) is 0 Å². The van der Waals surface area contributed by atoms with Crippen LogP contribution in [-0.2, 0) is 42.7 Å². The summed E-state index contributed by atoms with van der Waals surface area (Å²) in [5, 5.41) is 3.16. The second kappa shape index (κ2) is 13.2. The van der Waals surface area contributed by atoms with Gasteiger partial charge in [0, 0.05) is 24.8 Å². The maximum Gasteiger partial charge on any atom is 0.416 e. The molecule has 0 saturated carbocycles. The van der Waals surface area contributed by atoms with Gasteiger partial charge in [0.1, 0.15) is 17.3 Å². The minimum absolute atomic E-state index is 0.0146. The van der Waals surface area contributed by atoms with Gasteiger partial charge in [0.2, 0.25) is 10.0 Å². The summed E-state index contributed by atoms with van der Waals surface area (Å²) in [4.78, 5) is 22.4. The number of nitrogens with zero attached hydrogens (tertiary/aromatic N) is 2. The normalized spacial score (nSPS) is 15.4. The molecule has 3 N–H and O–H groups in total. The molecule has 1 atom stereocenters. The Kier molecular flexibility index (Phi) is 9.97. The van der Waals surface area contributed by atoms with Crippen LogP contribution in [-0.4, -0.2) is 39.3 Å². The van der Waals surface area contributed by atoms with Crippen molar-refractivity contribution < 1.29 is 58.5 Å². The van der Waals surface area contributed by atoms with Crippen LogP contribution in [0.2, 0.25) is 0 Å². The number of H-pyrrole nitrogens is 1. The van der Waals surface area contributed by atoms with Crippen molar-refractivity contribution in [1.29, 1.82) is 0 Å². The Balaban J connectivity index is 0.00000226. The quantitative estimate of drug-likeness (QED) is 0.125. The molecule has 45 heavy (non-hydrogen) atoms. The number of amides is 1. The molecule has 1 fully saturated rings. The lowest BCUT2D eigenvalue weighted by molar-refractivity contribution is -0.369. The van der Waals surface area contributed by atoms with Crippen LogP contribution in [0.3, 0.4) is 0 Å². The van der Waals surface area contributed by atoms with E-state index in [1.54, 1.807) is 0 Å². The molecular weight excluding hydrogens is 728 g/mol. The first-order valence-corrected chi connectivity index (χ1v) is 15.8. The van der Waals surface area contributed by atoms with Gasteiger partial charge in [-0.2, -0.15) is 21.6 Å². The summed E-state index contributed by atoms with van der Waals surface area (Å²) in [6, 6.07) is 10.9. The Labute approximate surface area is 258 Å². The molecular formula is C24H18BrF6N5O7S2. The molecule has 1 aliphatic rings. The first kappa shape index (κ1) is 34.0. The molecule has 0 unspecified atom stereocenters. The van der Waals surface area contributed by atoms with E-state index >= 15 is 0 Å². The minimum atomic E-state index is -4.64. The number of sulfonamides is 1. The van der Waals surface area contributed by atoms with E-state index in [-0.39, 0.29) is 29.0 Å². The number of imidazole rings is 1. The summed E-state index contributed by atoms with van der Waals surface area (Å²) < 4.78 is 125. The predicted octanol–water partition coefficient (Wildman–Crippen LogP) is 4.82. The van der Waals surface area contributed by atoms with Gasteiger partial charge in [0.15, 0.2) is 5.75 Å². The highest BCUT2D eigenvalue weighted by Crippen LogP contribution is 2.33. The van der Waals surface area contributed by atoms with Crippen LogP contribution >= 0.6 is 15.9 Å². The number of hydrogen-bond donors (Lipinski definition) is 3. The maximum atomic E-state index is 13.5. The number of halogens is 7. The third-order valence-corrected chi connectivity index (χ3v) is 9.67. The lowest BCUT2D eigenvalue weighted by Crippen LogP contribution is -2.31. The van der Waals surface area contributed by atoms with Crippen LogP contribution in [0.5, 0.6) is 5.75 Å². The molecule has 4 aromatic rings. The van der Waals surface area contributed by atoms with Gasteiger partial charge in [0.05, 0.1) is 28.3 Å². The van der Waals surface area contributed by atoms with E-state index in [1.165, 1.54) is 30.3 Å². The average Bonchev–Trinajstić information content (AvgIpc) is 3.52. The third-order valence-electron chi connectivity index (χ3n) is 6.26. The molecule has 1 amide bonds. The lowest BCUT2D eigenvalue weighted by Gasteiger charge is -2.19. The van der Waals surface area contributed by atoms with Crippen molar-refractivity contribution in [3.05, 3.63) is 82.1 Å². The number of aromatic nitrogens is 2. The van der Waals surface area contributed by atoms with Crippen LogP contribution in [0.1, 0.15) is 23.0 Å². The van der Waals surface area contributed by atoms with E-state index in [4.69, 9.17) is 9.15 Å². The zero-order valence-electron chi connectivity index (χ0n) is 22.0. The molecule has 2 heterocycles. The SMILES string of the molecule is FF.O=C1CN(c2ccc(C[C@H](NS(=O)(=O)c3ccc(Br)cc3OOF)c3nc4ccc(C(F)(F)F)cc4[nH]3)cc2)S(=O)(=O)N1. The highest BCUT2D eigenvalue weighted by atomic mass is 79.9. The van der Waals surface area contributed by atoms with Crippen molar-refractivity contribution in [1.82, 2.24) is 19.4 Å². The summed E-state index contributed by atoms with van der Waals surface area (Å²) in [5.41, 5.74) is -0.235. The highest BCUT2D eigenvalue weighted by molar-refractivity contribution is 9.10. The second-order valence-corrected chi connectivity index (χ2v) is 13.4. The second-order valence-electron chi connectivity index (χ2n) is 9.17. The number of fused-ring (bicyclic) bond motifs is 1. The number of carbonyl (C=O) groups excluding carboxylic acids is 1. The number of nitrogens with one attached hydrogen (secondary N) is 3. The first-order chi connectivity index (χ1) is 21.2. The molecule has 0 spiro atoms. The number of rotatable bonds is 9. The van der Waals surface area contributed by atoms with Crippen LogP contribution < -0.4 is 18.6 Å². The van der Waals surface area contributed by atoms with Gasteiger partial charge in [-0.1, -0.05) is 28.1 Å². The molecule has 5 rings (SSSR count). The fourth-order valence-corrected chi connectivity index (χ4v) is 7.12. The van der Waals surface area contributed by atoms with E-state index in [0.29, 0.717) is 10.0 Å². The number of hydrogen-bond acceptors (Lipinski definition) is 8. The third kappa shape index (κ3) is 7.66. The molecule has 1 saturated heterocycles. The lowest BCUT2D eigenvalue weighted by atomic mass is 10.1. The Morgan fingerprint density at radius 3 is 2.36 bits per heavy atom. The van der Waals surface area contributed by atoms with Crippen LogP contribution in [0.25, 0.3) is 11.0 Å². The van der Waals surface area contributed by atoms with Gasteiger partial charge < -0.3 is 9.87 Å². The molecule has 0 aliphatic carbocycles. The summed E-state index contributed by atoms with van der Waals surface area (Å²) in [5.74, 6) is -1.28. The van der Waals surface area contributed by atoms with Gasteiger partial charge in [-0.25, -0.2) is 27.2 Å². The summed E-state index contributed by atoms with van der Waals surface area (Å²) in [6.45, 7) is -0.427. The van der Waals surface area contributed by atoms with Gasteiger partial charge in [-0.3, -0.25) is 4.79 Å². The zero-order chi connectivity index (χ0) is 33.2. The predicted molar refractivity (Wildman–Crippen MR) is 148 cm³/mol. The number of anilines is 1. The van der Waals surface area contributed by atoms with E-state index in [9.17, 15) is 39.3 Å². The monoisotopic (exact) mass is 745 g/mol. The Hall–Kier alpha value is -3.92. The number of aromatic amines is 1. The van der Waals surface area contributed by atoms with Crippen molar-refractivity contribution in [2.75, 3.05) is 10.8 Å². The van der Waals surface area contributed by atoms with Gasteiger partial charge in [0.25, 0.3) is 5.91 Å². The molecule has 3 aromatic carbocycles. The van der Waals surface area contributed by atoms with E-state index in [1.807, 2.05) is 4.72 Å². The van der Waals surface area contributed by atoms with E-state index in [0.717, 1.165) is 34.6 Å². The minimum Gasteiger partial charge on any atom is -0.341 e. The van der Waals surface area contributed by atoms with Crippen molar-refractivity contribution >= 4 is 58.8 Å². The Bertz CT molecular complexity index is 1930. The summed E-state index contributed by atoms with van der Waals surface area (Å²) >= 11 is 3.11. The molecule has 12 nitrogen and oxygen atoms in total. The molecule has 1 aromatic heterocycles. The highest BCUT2D eigenvalue weighted by Gasteiger charge is 2.34. The molecule has 1 aliphatic heterocycles. The largest absolute Gasteiger partial charge is 0.416 e. The Morgan fingerprint density at radius 1 is 1.07 bits per heavy atom. The summed E-state index contributed by atoms with van der Waals surface area (Å²) in [6.07, 6.45) is -4.77. The van der Waals surface area contributed by atoms with Crippen LogP contribution in [0, 0.1) is 0 Å². The fraction of sp³-hybridized carbons (Fsp3) is 0.167. The Morgan fingerprint density at radius 2 is 1.76 bits per heavy atom. The standard InChI is InChI=1S/C24H18BrF4N5O7S2.F2/c25-15-4-8-21(20(11-15)40-41-29)42(36,37)32-19(23-30-17-7-3-14(24(26,27)28)10-18(17)31-23)9-13-1-5-16(6-2-13)34-12-22(35)33-43(34,38)39;1-2/h1-8,10-11,19,32H,9,12H2,(H,30,31)(H,33,35);/t19-;/m0./s1. The van der Waals surface area contributed by atoms with Crippen LogP contribution in [0.15, 0.2) is 70.0 Å². The topological polar surface area (TPSA) is 160 Å². The van der Waals surface area contributed by atoms with E-state index in [2.05, 4.69) is 40.6 Å². The molecule has 242 valence electrons. The van der Waals surface area contributed by atoms with Crippen LogP contribution in [0.4, 0.5) is 32.5 Å². The van der Waals surface area contributed by atoms with Gasteiger partial charge >= 0.3 is 16.4 Å². The van der Waals surface area contributed by atoms with Crippen molar-refractivity contribution in [3.63, 3.8) is 0 Å². The molecule has 0 bridgehead atoms. The van der Waals surface area contributed by atoms with Crippen molar-refractivity contribution in [3.8, 4) is 5.75 Å². The average molecular weight is 746 g/mol. The maximum absolute atomic E-state index is 13.5. The number of alkyl halides is 3. The summed E-state index contributed by atoms with van der Waals surface area (Å²) in [7, 11) is -8.59. The number of carbonyl (C=O) groups is 1. The molecule has 21 heteroatoms. The first-order valence-electron chi connectivity index (χ1n) is 12.1. The number of benzene rings is 3. The smallest absolute Gasteiger partial charge is 0.341 e. The fourth-order valence-electron chi connectivity index (χ4n) is 4.33. The van der Waals surface area contributed by atoms with Gasteiger partial charge in [-0.05, 0) is 59.0 Å². The van der Waals surface area contributed by atoms with Crippen molar-refractivity contribution in [2.24, 2.45) is 0 Å². The zero-order valence-corrected chi connectivity index (χ0v) is 25.2. The molecule has 0 radical (unpaired) electrons. The van der Waals surface area contributed by atoms with E-state index < -0.39 is 61.1 Å². The van der Waals surface area contributed by atoms with Crippen molar-refractivity contribution in [2.45, 2.75) is 23.5 Å².